The van der Waals surface area contributed by atoms with Crippen molar-refractivity contribution < 1.29 is 9.59 Å². The minimum Gasteiger partial charge on any atom is -0.354 e. The van der Waals surface area contributed by atoms with Crippen molar-refractivity contribution in [3.63, 3.8) is 0 Å². The lowest BCUT2D eigenvalue weighted by Gasteiger charge is -2.07. The van der Waals surface area contributed by atoms with E-state index < -0.39 is 0 Å². The van der Waals surface area contributed by atoms with Gasteiger partial charge in [0.2, 0.25) is 11.8 Å². The minimum atomic E-state index is -0.205. The van der Waals surface area contributed by atoms with Crippen LogP contribution in [0.25, 0.3) is 0 Å². The Bertz CT molecular complexity index is 192. The molecule has 0 unspecified atom stereocenters. The van der Waals surface area contributed by atoms with Crippen LogP contribution in [-0.2, 0) is 9.59 Å². The minimum absolute atomic E-state index is 0.0139. The molecule has 2 amide bonds. The maximum atomic E-state index is 11.1. The third-order valence-electron chi connectivity index (χ3n) is 1.55. The lowest BCUT2D eigenvalue weighted by atomic mass is 10.1. The van der Waals surface area contributed by atoms with Crippen LogP contribution in [0.5, 0.6) is 0 Å². The molecule has 4 N–H and O–H groups in total. The average Bonchev–Trinajstić information content (AvgIpc) is 2.10. The monoisotopic (exact) mass is 201 g/mol. The van der Waals surface area contributed by atoms with Gasteiger partial charge in [-0.25, -0.2) is 0 Å². The molecule has 14 heavy (non-hydrogen) atoms. The number of nitrogens with one attached hydrogen (secondary N) is 2. The first kappa shape index (κ1) is 12.9. The van der Waals surface area contributed by atoms with Gasteiger partial charge in [-0.2, -0.15) is 0 Å². The molecule has 0 aromatic carbocycles. The first-order valence-electron chi connectivity index (χ1n) is 4.79. The first-order chi connectivity index (χ1) is 6.56. The Labute approximate surface area is 84.4 Å². The molecule has 0 saturated heterocycles. The zero-order valence-corrected chi connectivity index (χ0v) is 8.80. The molecule has 0 aromatic rings. The summed E-state index contributed by atoms with van der Waals surface area (Å²) in [5.41, 5.74) is 5.08. The van der Waals surface area contributed by atoms with Crippen LogP contribution in [0.3, 0.4) is 0 Å². The molecule has 0 aliphatic carbocycles. The summed E-state index contributed by atoms with van der Waals surface area (Å²) in [5, 5.41) is 5.26. The molecule has 5 nitrogen and oxygen atoms in total. The molecular formula is C9H19N3O2. The zero-order chi connectivity index (χ0) is 11.0. The van der Waals surface area contributed by atoms with Gasteiger partial charge < -0.3 is 16.4 Å². The lowest BCUT2D eigenvalue weighted by molar-refractivity contribution is -0.122. The van der Waals surface area contributed by atoms with E-state index in [2.05, 4.69) is 10.6 Å². The van der Waals surface area contributed by atoms with E-state index >= 15 is 0 Å². The summed E-state index contributed by atoms with van der Waals surface area (Å²) in [6.07, 6.45) is 0.519. The van der Waals surface area contributed by atoms with Crippen LogP contribution in [0.2, 0.25) is 0 Å². The Morgan fingerprint density at radius 1 is 1.14 bits per heavy atom. The number of carbonyl (C=O) groups is 2. The Morgan fingerprint density at radius 2 is 1.64 bits per heavy atom. The number of hydrogen-bond acceptors (Lipinski definition) is 3. The van der Waals surface area contributed by atoms with Crippen LogP contribution in [0, 0.1) is 5.92 Å². The molecule has 0 rings (SSSR count). The summed E-state index contributed by atoms with van der Waals surface area (Å²) in [6, 6.07) is 0. The Balaban J connectivity index is 3.36. The normalized spacial score (nSPS) is 10.0. The van der Waals surface area contributed by atoms with Gasteiger partial charge in [-0.1, -0.05) is 13.8 Å². The van der Waals surface area contributed by atoms with Crippen LogP contribution >= 0.6 is 0 Å². The predicted molar refractivity (Wildman–Crippen MR) is 54.5 cm³/mol. The molecule has 0 aromatic heterocycles. The molecule has 0 radical (unpaired) electrons. The van der Waals surface area contributed by atoms with Gasteiger partial charge in [-0.05, 0) is 5.92 Å². The lowest BCUT2D eigenvalue weighted by Crippen LogP contribution is -2.37. The third-order valence-corrected chi connectivity index (χ3v) is 1.55. The van der Waals surface area contributed by atoms with E-state index in [1.54, 1.807) is 0 Å². The first-order valence-corrected chi connectivity index (χ1v) is 4.79. The number of hydrogen-bond donors (Lipinski definition) is 3. The summed E-state index contributed by atoms with van der Waals surface area (Å²) in [5.74, 6) is 0.165. The SMILES string of the molecule is CC(C)CC(=O)NCCNC(=O)CN. The van der Waals surface area contributed by atoms with E-state index in [0.717, 1.165) is 0 Å². The molecule has 5 heteroatoms. The van der Waals surface area contributed by atoms with E-state index in [1.807, 2.05) is 13.8 Å². The molecule has 0 heterocycles. The maximum absolute atomic E-state index is 11.1. The fourth-order valence-corrected chi connectivity index (χ4v) is 0.919. The topological polar surface area (TPSA) is 84.2 Å². The number of amides is 2. The molecule has 0 saturated carbocycles. The van der Waals surface area contributed by atoms with Gasteiger partial charge in [0.25, 0.3) is 0 Å². The molecule has 0 aliphatic rings. The quantitative estimate of drug-likeness (QED) is 0.493. The van der Waals surface area contributed by atoms with E-state index in [1.165, 1.54) is 0 Å². The van der Waals surface area contributed by atoms with Crippen molar-refractivity contribution in [1.82, 2.24) is 10.6 Å². The molecular weight excluding hydrogens is 182 g/mol. The smallest absolute Gasteiger partial charge is 0.233 e. The predicted octanol–water partition coefficient (Wildman–Crippen LogP) is -0.776. The second kappa shape index (κ2) is 7.32. The number of carbonyl (C=O) groups excluding carboxylic acids is 2. The van der Waals surface area contributed by atoms with E-state index in [4.69, 9.17) is 5.73 Å². The van der Waals surface area contributed by atoms with E-state index in [0.29, 0.717) is 25.4 Å². The molecule has 0 aliphatic heterocycles. The van der Waals surface area contributed by atoms with Crippen molar-refractivity contribution in [3.05, 3.63) is 0 Å². The van der Waals surface area contributed by atoms with Crippen molar-refractivity contribution in [2.24, 2.45) is 11.7 Å². The summed E-state index contributed by atoms with van der Waals surface area (Å²) >= 11 is 0. The second-order valence-electron chi connectivity index (χ2n) is 3.50. The largest absolute Gasteiger partial charge is 0.354 e. The van der Waals surface area contributed by atoms with Crippen LogP contribution < -0.4 is 16.4 Å². The fourth-order valence-electron chi connectivity index (χ4n) is 0.919. The van der Waals surface area contributed by atoms with E-state index in [9.17, 15) is 9.59 Å². The van der Waals surface area contributed by atoms with Crippen LogP contribution in [-0.4, -0.2) is 31.4 Å². The molecule has 0 spiro atoms. The highest BCUT2D eigenvalue weighted by molar-refractivity contribution is 5.78. The molecule has 82 valence electrons. The molecule has 0 fully saturated rings. The van der Waals surface area contributed by atoms with Gasteiger partial charge in [0.15, 0.2) is 0 Å². The molecule has 0 bridgehead atoms. The number of rotatable bonds is 6. The van der Waals surface area contributed by atoms with Crippen LogP contribution in [0.15, 0.2) is 0 Å². The highest BCUT2D eigenvalue weighted by atomic mass is 16.2. The van der Waals surface area contributed by atoms with Gasteiger partial charge >= 0.3 is 0 Å². The highest BCUT2D eigenvalue weighted by Crippen LogP contribution is 1.97. The third kappa shape index (κ3) is 7.54. The Kier molecular flexibility index (Phi) is 6.74. The van der Waals surface area contributed by atoms with Crippen molar-refractivity contribution in [1.29, 1.82) is 0 Å². The van der Waals surface area contributed by atoms with Crippen molar-refractivity contribution in [3.8, 4) is 0 Å². The van der Waals surface area contributed by atoms with Gasteiger partial charge in [-0.3, -0.25) is 9.59 Å². The number of nitrogens with two attached hydrogens (primary N) is 1. The average molecular weight is 201 g/mol. The van der Waals surface area contributed by atoms with Gasteiger partial charge in [0.05, 0.1) is 6.54 Å². The Hall–Kier alpha value is -1.10. The standard InChI is InChI=1S/C9H19N3O2/c1-7(2)5-8(13)11-3-4-12-9(14)6-10/h7H,3-6,10H2,1-2H3,(H,11,13)(H,12,14). The van der Waals surface area contributed by atoms with Crippen molar-refractivity contribution in [2.75, 3.05) is 19.6 Å². The second-order valence-corrected chi connectivity index (χ2v) is 3.50. The summed E-state index contributed by atoms with van der Waals surface area (Å²) in [7, 11) is 0. The zero-order valence-electron chi connectivity index (χ0n) is 8.80. The Morgan fingerprint density at radius 3 is 2.07 bits per heavy atom. The van der Waals surface area contributed by atoms with Crippen molar-refractivity contribution >= 4 is 11.8 Å². The fraction of sp³-hybridized carbons (Fsp3) is 0.778. The summed E-state index contributed by atoms with van der Waals surface area (Å²) in [4.78, 5) is 21.8. The van der Waals surface area contributed by atoms with E-state index in [-0.39, 0.29) is 18.4 Å². The van der Waals surface area contributed by atoms with Gasteiger partial charge in [0, 0.05) is 19.5 Å². The van der Waals surface area contributed by atoms with Crippen molar-refractivity contribution in [2.45, 2.75) is 20.3 Å². The summed E-state index contributed by atoms with van der Waals surface area (Å²) in [6.45, 7) is 4.84. The molecule has 0 atom stereocenters. The van der Waals surface area contributed by atoms with Crippen LogP contribution in [0.4, 0.5) is 0 Å². The van der Waals surface area contributed by atoms with Gasteiger partial charge in [-0.15, -0.1) is 0 Å². The maximum Gasteiger partial charge on any atom is 0.233 e. The van der Waals surface area contributed by atoms with Gasteiger partial charge in [0.1, 0.15) is 0 Å². The van der Waals surface area contributed by atoms with Crippen LogP contribution in [0.1, 0.15) is 20.3 Å². The summed E-state index contributed by atoms with van der Waals surface area (Å²) < 4.78 is 0. The highest BCUT2D eigenvalue weighted by Gasteiger charge is 2.03.